The van der Waals surface area contributed by atoms with Crippen LogP contribution >= 0.6 is 12.6 Å². The first kappa shape index (κ1) is 33.4. The first-order chi connectivity index (χ1) is 25.2. The first-order valence-electron chi connectivity index (χ1n) is 17.7. The van der Waals surface area contributed by atoms with Gasteiger partial charge in [0.2, 0.25) is 11.8 Å². The van der Waals surface area contributed by atoms with Crippen LogP contribution in [0, 0.1) is 0 Å². The molecule has 2 bridgehead atoms. The number of fused-ring (bicyclic) bond motifs is 4. The number of hydrogen-bond acceptors (Lipinski definition) is 11. The fourth-order valence-corrected chi connectivity index (χ4v) is 8.96. The third kappa shape index (κ3) is 5.92. The molecule has 9 rings (SSSR count). The maximum atomic E-state index is 14.3. The molecule has 17 heteroatoms. The molecule has 0 aliphatic carbocycles. The van der Waals surface area contributed by atoms with E-state index in [0.717, 1.165) is 42.7 Å². The zero-order chi connectivity index (χ0) is 35.7. The van der Waals surface area contributed by atoms with E-state index < -0.39 is 24.1 Å². The summed E-state index contributed by atoms with van der Waals surface area (Å²) in [6, 6.07) is 7.64. The smallest absolute Gasteiger partial charge is 0.284 e. The minimum absolute atomic E-state index is 0.0260. The second-order valence-electron chi connectivity index (χ2n) is 14.3. The van der Waals surface area contributed by atoms with E-state index in [2.05, 4.69) is 53.8 Å². The lowest BCUT2D eigenvalue weighted by Crippen LogP contribution is -2.51. The van der Waals surface area contributed by atoms with E-state index in [1.54, 1.807) is 27.7 Å². The number of anilines is 2. The van der Waals surface area contributed by atoms with Gasteiger partial charge in [-0.05, 0) is 48.4 Å². The van der Waals surface area contributed by atoms with Crippen molar-refractivity contribution in [3.05, 3.63) is 70.8 Å². The molecule has 4 atom stereocenters. The van der Waals surface area contributed by atoms with Crippen LogP contribution in [0.15, 0.2) is 42.9 Å². The molecule has 3 aromatic heterocycles. The van der Waals surface area contributed by atoms with Gasteiger partial charge in [-0.15, -0.1) is 5.10 Å². The lowest BCUT2D eigenvalue weighted by Gasteiger charge is -2.32. The molecule has 8 heterocycles. The van der Waals surface area contributed by atoms with Crippen LogP contribution in [0.5, 0.6) is 0 Å². The highest BCUT2D eigenvalue weighted by atomic mass is 32.1. The molecule has 5 aliphatic rings. The molecule has 0 saturated carbocycles. The van der Waals surface area contributed by atoms with Crippen LogP contribution in [0.1, 0.15) is 82.7 Å². The van der Waals surface area contributed by atoms with Crippen molar-refractivity contribution < 1.29 is 27.9 Å². The van der Waals surface area contributed by atoms with Gasteiger partial charge < -0.3 is 15.0 Å². The number of thiol groups is 1. The monoisotopic (exact) mass is 732 g/mol. The van der Waals surface area contributed by atoms with Gasteiger partial charge in [0, 0.05) is 57.7 Å². The Bertz CT molecular complexity index is 2070. The second-order valence-corrected chi connectivity index (χ2v) is 14.8. The number of piperidine rings is 2. The number of nitrogens with one attached hydrogen (secondary N) is 2. The van der Waals surface area contributed by atoms with Crippen LogP contribution in [0.3, 0.4) is 0 Å². The Morgan fingerprint density at radius 3 is 2.73 bits per heavy atom. The summed E-state index contributed by atoms with van der Waals surface area (Å²) in [6.45, 7) is 3.93. The number of hydrogen-bond donors (Lipinski definition) is 3. The number of ether oxygens (including phenoxy) is 1. The average molecular weight is 733 g/mol. The summed E-state index contributed by atoms with van der Waals surface area (Å²) in [5, 5.41) is 13.9. The molecule has 14 nitrogen and oxygen atoms in total. The number of amides is 3. The molecule has 4 saturated heterocycles. The maximum Gasteiger partial charge on any atom is 0.284 e. The highest BCUT2D eigenvalue weighted by Crippen LogP contribution is 2.40. The van der Waals surface area contributed by atoms with Crippen molar-refractivity contribution >= 4 is 47.5 Å². The van der Waals surface area contributed by atoms with Crippen molar-refractivity contribution in [1.82, 2.24) is 39.5 Å². The Labute approximate surface area is 302 Å². The van der Waals surface area contributed by atoms with Gasteiger partial charge in [0.05, 0.1) is 41.9 Å². The summed E-state index contributed by atoms with van der Waals surface area (Å²) in [6.07, 6.45) is 5.04. The van der Waals surface area contributed by atoms with Gasteiger partial charge >= 0.3 is 0 Å². The van der Waals surface area contributed by atoms with E-state index in [-0.39, 0.29) is 46.6 Å². The molecule has 2 N–H and O–H groups in total. The Kier molecular flexibility index (Phi) is 8.47. The van der Waals surface area contributed by atoms with Gasteiger partial charge in [0.25, 0.3) is 12.3 Å². The number of rotatable bonds is 8. The number of imide groups is 1. The van der Waals surface area contributed by atoms with E-state index in [9.17, 15) is 23.2 Å². The number of carbonyl (C=O) groups excluding carboxylic acids is 3. The highest BCUT2D eigenvalue weighted by Gasteiger charge is 2.43. The SMILES string of the molecule is O=C1CCC(N2Cc3cc(CN4CCC(n5cc(NC(=O)c6c(N7C[C@H]8C[C@@H]7CO8)nn7cccnc67)c(C(F)F)n5)CC4)ccc3C2S)C(=O)N1. The van der Waals surface area contributed by atoms with Crippen LogP contribution in [-0.2, 0) is 27.4 Å². The number of nitrogens with zero attached hydrogens (tertiary/aromatic N) is 8. The van der Waals surface area contributed by atoms with Crippen molar-refractivity contribution in [2.45, 2.75) is 81.2 Å². The van der Waals surface area contributed by atoms with Crippen molar-refractivity contribution in [2.24, 2.45) is 0 Å². The van der Waals surface area contributed by atoms with Crippen LogP contribution in [0.4, 0.5) is 20.3 Å². The lowest BCUT2D eigenvalue weighted by atomic mass is 10.0. The minimum atomic E-state index is -2.88. The fourth-order valence-electron chi connectivity index (χ4n) is 8.46. The molecular weight excluding hydrogens is 695 g/mol. The summed E-state index contributed by atoms with van der Waals surface area (Å²) in [7, 11) is 0. The molecule has 1 aromatic carbocycles. The number of likely N-dealkylation sites (tertiary alicyclic amines) is 1. The Hall–Kier alpha value is -4.45. The summed E-state index contributed by atoms with van der Waals surface area (Å²) in [5.74, 6) is -0.606. The number of benzene rings is 1. The van der Waals surface area contributed by atoms with Gasteiger partial charge in [-0.3, -0.25) is 34.2 Å². The molecule has 4 aromatic rings. The molecule has 3 amide bonds. The summed E-state index contributed by atoms with van der Waals surface area (Å²) in [5.41, 5.74) is 3.41. The summed E-state index contributed by atoms with van der Waals surface area (Å²) in [4.78, 5) is 48.9. The Morgan fingerprint density at radius 1 is 1.13 bits per heavy atom. The molecule has 52 heavy (non-hydrogen) atoms. The van der Waals surface area contributed by atoms with Gasteiger partial charge in [0.15, 0.2) is 17.2 Å². The van der Waals surface area contributed by atoms with Gasteiger partial charge in [-0.25, -0.2) is 18.3 Å². The van der Waals surface area contributed by atoms with Gasteiger partial charge in [-0.2, -0.15) is 17.7 Å². The number of carbonyl (C=O) groups is 3. The van der Waals surface area contributed by atoms with E-state index in [1.807, 2.05) is 4.90 Å². The second kappa shape index (κ2) is 13.2. The van der Waals surface area contributed by atoms with Crippen molar-refractivity contribution in [3.8, 4) is 0 Å². The zero-order valence-corrected chi connectivity index (χ0v) is 29.1. The van der Waals surface area contributed by atoms with Crippen LogP contribution in [-0.4, -0.2) is 96.3 Å². The van der Waals surface area contributed by atoms with Gasteiger partial charge in [0.1, 0.15) is 5.56 Å². The zero-order valence-electron chi connectivity index (χ0n) is 28.2. The van der Waals surface area contributed by atoms with E-state index in [1.165, 1.54) is 6.20 Å². The maximum absolute atomic E-state index is 14.3. The highest BCUT2D eigenvalue weighted by molar-refractivity contribution is 7.80. The van der Waals surface area contributed by atoms with Crippen LogP contribution in [0.25, 0.3) is 5.65 Å². The molecule has 4 fully saturated rings. The Balaban J connectivity index is 0.866. The number of alkyl halides is 2. The predicted molar refractivity (Wildman–Crippen MR) is 187 cm³/mol. The standard InChI is InChI=1S/C35H38F2N10O4S/c36-30(37)29-25(39-34(50)28-31-38-8-1-9-46(31)42-32(28)44-16-23-13-22(44)18-51-23)17-47(41-29)21-6-10-43(11-7-21)14-19-2-3-24-20(12-19)15-45(35(24)52)26-4-5-27(48)40-33(26)49/h1-3,8-9,12,17,21-23,26,30,35,52H,4-7,10-11,13-16,18H2,(H,39,50)(H,40,48,49)/t22-,23-,26?,35?/m1/s1. The quantitative estimate of drug-likeness (QED) is 0.182. The lowest BCUT2D eigenvalue weighted by molar-refractivity contribution is -0.137. The van der Waals surface area contributed by atoms with Crippen molar-refractivity contribution in [3.63, 3.8) is 0 Å². The molecule has 2 unspecified atom stereocenters. The van der Waals surface area contributed by atoms with Crippen molar-refractivity contribution in [1.29, 1.82) is 0 Å². The van der Waals surface area contributed by atoms with Crippen LogP contribution in [0.2, 0.25) is 0 Å². The molecule has 5 aliphatic heterocycles. The Morgan fingerprint density at radius 2 is 1.98 bits per heavy atom. The fraction of sp³-hybridized carbons (Fsp3) is 0.486. The third-order valence-corrected chi connectivity index (χ3v) is 11.7. The largest absolute Gasteiger partial charge is 0.374 e. The number of halogens is 2. The van der Waals surface area contributed by atoms with Crippen molar-refractivity contribution in [2.75, 3.05) is 36.5 Å². The minimum Gasteiger partial charge on any atom is -0.374 e. The predicted octanol–water partition coefficient (Wildman–Crippen LogP) is 3.48. The molecule has 0 spiro atoms. The number of morpholine rings is 1. The molecule has 0 radical (unpaired) electrons. The van der Waals surface area contributed by atoms with Crippen LogP contribution < -0.4 is 15.5 Å². The third-order valence-electron chi connectivity index (χ3n) is 11.1. The summed E-state index contributed by atoms with van der Waals surface area (Å²) >= 11 is 4.81. The normalized spacial score (nSPS) is 25.4. The average Bonchev–Trinajstić information content (AvgIpc) is 3.97. The van der Waals surface area contributed by atoms with E-state index in [0.29, 0.717) is 56.8 Å². The molecular formula is C35H38F2N10O4S. The topological polar surface area (TPSA) is 142 Å². The number of aromatic nitrogens is 5. The van der Waals surface area contributed by atoms with E-state index >= 15 is 0 Å². The summed E-state index contributed by atoms with van der Waals surface area (Å²) < 4.78 is 37.5. The van der Waals surface area contributed by atoms with Gasteiger partial charge in [-0.1, -0.05) is 18.2 Å². The molecule has 272 valence electrons. The van der Waals surface area contributed by atoms with E-state index in [4.69, 9.17) is 17.4 Å². The first-order valence-corrected chi connectivity index (χ1v) is 18.2.